The van der Waals surface area contributed by atoms with E-state index in [1.165, 1.54) is 19.2 Å². The van der Waals surface area contributed by atoms with Crippen molar-refractivity contribution >= 4 is 32.3 Å². The minimum absolute atomic E-state index is 0.01000. The van der Waals surface area contributed by atoms with E-state index in [4.69, 9.17) is 5.11 Å². The van der Waals surface area contributed by atoms with E-state index in [0.29, 0.717) is 10.2 Å². The van der Waals surface area contributed by atoms with Crippen LogP contribution in [0.4, 0.5) is 0 Å². The Morgan fingerprint density at radius 2 is 2.00 bits per heavy atom. The minimum Gasteiger partial charge on any atom is -0.478 e. The van der Waals surface area contributed by atoms with Gasteiger partial charge in [0.05, 0.1) is 11.3 Å². The molecule has 1 aromatic heterocycles. The van der Waals surface area contributed by atoms with Gasteiger partial charge >= 0.3 is 5.97 Å². The van der Waals surface area contributed by atoms with Gasteiger partial charge in [0.1, 0.15) is 5.69 Å². The van der Waals surface area contributed by atoms with E-state index in [1.807, 2.05) is 0 Å². The van der Waals surface area contributed by atoms with Gasteiger partial charge in [-0.1, -0.05) is 6.58 Å². The first-order valence-electron chi connectivity index (χ1n) is 4.28. The highest BCUT2D eigenvalue weighted by Gasteiger charge is 2.13. The minimum atomic E-state index is -1.12. The molecule has 0 aliphatic carbocycles. The highest BCUT2D eigenvalue weighted by atomic mass is 79.9. The average Bonchev–Trinajstić information content (AvgIpc) is 2.27. The largest absolute Gasteiger partial charge is 0.478 e. The lowest BCUT2D eigenvalue weighted by atomic mass is 10.2. The number of aromatic nitrogens is 1. The number of hydrogen-bond acceptors (Lipinski definition) is 3. The molecule has 1 amide bonds. The molecular formula is C10H9BrN2O3. The number of rotatable bonds is 3. The molecule has 6 heteroatoms. The van der Waals surface area contributed by atoms with E-state index in [1.54, 1.807) is 0 Å². The zero-order valence-corrected chi connectivity index (χ0v) is 10.0. The van der Waals surface area contributed by atoms with Crippen LogP contribution in [-0.4, -0.2) is 29.0 Å². The lowest BCUT2D eigenvalue weighted by Gasteiger charge is -2.04. The molecule has 0 fully saturated rings. The Labute approximate surface area is 100 Å². The molecule has 0 aliphatic rings. The number of carbonyl (C=O) groups excluding carboxylic acids is 1. The summed E-state index contributed by atoms with van der Waals surface area (Å²) in [4.78, 5) is 26.2. The van der Waals surface area contributed by atoms with E-state index < -0.39 is 11.9 Å². The number of aromatic carboxylic acids is 1. The average molecular weight is 285 g/mol. The van der Waals surface area contributed by atoms with Crippen molar-refractivity contribution in [3.8, 4) is 0 Å². The molecule has 0 unspecified atom stereocenters. The number of nitrogens with one attached hydrogen (secondary N) is 1. The van der Waals surface area contributed by atoms with E-state index in [0.717, 1.165) is 0 Å². The number of carboxylic acids is 1. The van der Waals surface area contributed by atoms with Crippen LogP contribution in [-0.2, 0) is 0 Å². The van der Waals surface area contributed by atoms with Gasteiger partial charge in [0.15, 0.2) is 0 Å². The van der Waals surface area contributed by atoms with Crippen LogP contribution in [0.5, 0.6) is 0 Å². The van der Waals surface area contributed by atoms with Gasteiger partial charge in [0.25, 0.3) is 5.91 Å². The molecule has 2 N–H and O–H groups in total. The Hall–Kier alpha value is -1.69. The van der Waals surface area contributed by atoms with Crippen molar-refractivity contribution in [2.45, 2.75) is 0 Å². The van der Waals surface area contributed by atoms with Gasteiger partial charge in [-0.3, -0.25) is 4.79 Å². The summed E-state index contributed by atoms with van der Waals surface area (Å²) < 4.78 is 0.417. The normalized spacial score (nSPS) is 9.62. The highest BCUT2D eigenvalue weighted by Crippen LogP contribution is 2.18. The predicted octanol–water partition coefficient (Wildman–Crippen LogP) is 1.50. The molecule has 0 bridgehead atoms. The molecule has 0 saturated carbocycles. The molecule has 0 saturated heterocycles. The first-order valence-corrected chi connectivity index (χ1v) is 5.07. The molecule has 0 atom stereocenters. The van der Waals surface area contributed by atoms with Gasteiger partial charge in [-0.05, 0) is 28.1 Å². The van der Waals surface area contributed by atoms with Crippen molar-refractivity contribution in [3.05, 3.63) is 35.7 Å². The van der Waals surface area contributed by atoms with Crippen molar-refractivity contribution in [3.63, 3.8) is 0 Å². The van der Waals surface area contributed by atoms with Crippen molar-refractivity contribution in [1.29, 1.82) is 0 Å². The van der Waals surface area contributed by atoms with Crippen LogP contribution in [0.25, 0.3) is 4.48 Å². The molecule has 0 radical (unpaired) electrons. The summed E-state index contributed by atoms with van der Waals surface area (Å²) in [6, 6.07) is 2.55. The number of amides is 1. The quantitative estimate of drug-likeness (QED) is 0.882. The van der Waals surface area contributed by atoms with Crippen molar-refractivity contribution < 1.29 is 14.7 Å². The van der Waals surface area contributed by atoms with Crippen LogP contribution in [0.3, 0.4) is 0 Å². The Morgan fingerprint density at radius 1 is 1.44 bits per heavy atom. The van der Waals surface area contributed by atoms with E-state index in [2.05, 4.69) is 32.8 Å². The second-order valence-electron chi connectivity index (χ2n) is 2.92. The van der Waals surface area contributed by atoms with Gasteiger partial charge in [0, 0.05) is 11.5 Å². The summed E-state index contributed by atoms with van der Waals surface area (Å²) in [6.45, 7) is 3.58. The maximum absolute atomic E-state index is 11.4. The summed E-state index contributed by atoms with van der Waals surface area (Å²) in [7, 11) is 1.44. The molecule has 1 aromatic rings. The monoisotopic (exact) mass is 284 g/mol. The predicted molar refractivity (Wildman–Crippen MR) is 62.5 cm³/mol. The maximum Gasteiger partial charge on any atom is 0.335 e. The van der Waals surface area contributed by atoms with Crippen LogP contribution in [0.2, 0.25) is 0 Å². The molecule has 5 nitrogen and oxygen atoms in total. The van der Waals surface area contributed by atoms with Crippen molar-refractivity contribution in [2.24, 2.45) is 0 Å². The molecule has 84 valence electrons. The second-order valence-corrected chi connectivity index (χ2v) is 3.87. The fourth-order valence-corrected chi connectivity index (χ4v) is 1.24. The molecule has 1 rings (SSSR count). The summed E-state index contributed by atoms with van der Waals surface area (Å²) in [5.41, 5.74) is 0.348. The Kier molecular flexibility index (Phi) is 3.78. The van der Waals surface area contributed by atoms with E-state index in [-0.39, 0.29) is 11.3 Å². The molecule has 16 heavy (non-hydrogen) atoms. The number of hydrogen-bond donors (Lipinski definition) is 2. The van der Waals surface area contributed by atoms with Gasteiger partial charge in [0.2, 0.25) is 0 Å². The van der Waals surface area contributed by atoms with Gasteiger partial charge in [-0.2, -0.15) is 0 Å². The number of pyridine rings is 1. The first kappa shape index (κ1) is 12.4. The molecule has 0 aromatic carbocycles. The summed E-state index contributed by atoms with van der Waals surface area (Å²) >= 11 is 3.09. The topological polar surface area (TPSA) is 79.3 Å². The van der Waals surface area contributed by atoms with Crippen molar-refractivity contribution in [2.75, 3.05) is 7.05 Å². The fraction of sp³-hybridized carbons (Fsp3) is 0.100. The van der Waals surface area contributed by atoms with Crippen LogP contribution in [0, 0.1) is 0 Å². The lowest BCUT2D eigenvalue weighted by molar-refractivity contribution is 0.0696. The number of halogens is 1. The number of nitrogens with zero attached hydrogens (tertiary/aromatic N) is 1. The third-order valence-corrected chi connectivity index (χ3v) is 2.22. The standard InChI is InChI=1S/C10H9BrN2O3/c1-5(11)7-3-6(10(15)16)4-8(13-7)9(14)12-2/h3-4H,1H2,2H3,(H,12,14)(H,15,16). The molecule has 1 heterocycles. The van der Waals surface area contributed by atoms with Gasteiger partial charge < -0.3 is 10.4 Å². The Morgan fingerprint density at radius 3 is 2.44 bits per heavy atom. The second kappa shape index (κ2) is 4.89. The maximum atomic E-state index is 11.4. The summed E-state index contributed by atoms with van der Waals surface area (Å²) in [5.74, 6) is -1.57. The molecular weight excluding hydrogens is 276 g/mol. The Bertz CT molecular complexity index is 439. The molecule has 0 spiro atoms. The summed E-state index contributed by atoms with van der Waals surface area (Å²) in [6.07, 6.45) is 0. The third-order valence-electron chi connectivity index (χ3n) is 1.81. The lowest BCUT2D eigenvalue weighted by Crippen LogP contribution is -2.20. The number of carboxylic acid groups (broad SMARTS) is 1. The van der Waals surface area contributed by atoms with Crippen LogP contribution in [0.1, 0.15) is 26.5 Å². The first-order chi connectivity index (χ1) is 7.45. The van der Waals surface area contributed by atoms with Gasteiger partial charge in [-0.25, -0.2) is 9.78 Å². The SMILES string of the molecule is C=C(Br)c1cc(C(=O)O)cc(C(=O)NC)n1. The Balaban J connectivity index is 3.35. The van der Waals surface area contributed by atoms with Crippen LogP contribution < -0.4 is 5.32 Å². The van der Waals surface area contributed by atoms with Crippen LogP contribution >= 0.6 is 15.9 Å². The molecule has 0 aliphatic heterocycles. The zero-order valence-electron chi connectivity index (χ0n) is 8.45. The van der Waals surface area contributed by atoms with Crippen LogP contribution in [0.15, 0.2) is 18.7 Å². The number of carbonyl (C=O) groups is 2. The third kappa shape index (κ3) is 2.66. The van der Waals surface area contributed by atoms with E-state index in [9.17, 15) is 9.59 Å². The highest BCUT2D eigenvalue weighted by molar-refractivity contribution is 9.15. The fourth-order valence-electron chi connectivity index (χ4n) is 1.04. The van der Waals surface area contributed by atoms with Gasteiger partial charge in [-0.15, -0.1) is 0 Å². The smallest absolute Gasteiger partial charge is 0.335 e. The summed E-state index contributed by atoms with van der Waals surface area (Å²) in [5, 5.41) is 11.2. The van der Waals surface area contributed by atoms with Crippen molar-refractivity contribution in [1.82, 2.24) is 10.3 Å². The zero-order chi connectivity index (χ0) is 12.3. The van der Waals surface area contributed by atoms with E-state index >= 15 is 0 Å².